The van der Waals surface area contributed by atoms with E-state index in [-0.39, 0.29) is 30.6 Å². The Bertz CT molecular complexity index is 493. The van der Waals surface area contributed by atoms with Crippen LogP contribution in [0.5, 0.6) is 0 Å². The Balaban J connectivity index is 0.00000242. The third kappa shape index (κ3) is 5.59. The van der Waals surface area contributed by atoms with Gasteiger partial charge in [-0.2, -0.15) is 0 Å². The van der Waals surface area contributed by atoms with Crippen molar-refractivity contribution in [2.24, 2.45) is 0 Å². The SMILES string of the molecule is CNCCCNC(=O)CCC(=O)N1CCc2sccc2C1.Cl. The lowest BCUT2D eigenvalue weighted by Crippen LogP contribution is -2.36. The summed E-state index contributed by atoms with van der Waals surface area (Å²) < 4.78 is 0. The zero-order valence-corrected chi connectivity index (χ0v) is 14.5. The third-order valence-electron chi connectivity index (χ3n) is 3.65. The highest BCUT2D eigenvalue weighted by molar-refractivity contribution is 7.10. The van der Waals surface area contributed by atoms with Crippen molar-refractivity contribution in [1.29, 1.82) is 0 Å². The van der Waals surface area contributed by atoms with Crippen LogP contribution >= 0.6 is 23.7 Å². The molecule has 22 heavy (non-hydrogen) atoms. The lowest BCUT2D eigenvalue weighted by atomic mass is 10.1. The number of nitrogens with zero attached hydrogens (tertiary/aromatic N) is 1. The molecule has 0 bridgehead atoms. The van der Waals surface area contributed by atoms with Gasteiger partial charge in [-0.25, -0.2) is 0 Å². The van der Waals surface area contributed by atoms with Crippen LogP contribution in [0.3, 0.4) is 0 Å². The standard InChI is InChI=1S/C15H23N3O2S.ClH/c1-16-7-2-8-17-14(19)3-4-15(20)18-9-5-13-12(11-18)6-10-21-13;/h6,10,16H,2-5,7-9,11H2,1H3,(H,17,19);1H. The summed E-state index contributed by atoms with van der Waals surface area (Å²) in [5.41, 5.74) is 1.26. The molecule has 0 unspecified atom stereocenters. The Hall–Kier alpha value is -1.11. The highest BCUT2D eigenvalue weighted by Gasteiger charge is 2.21. The Morgan fingerprint density at radius 2 is 2.14 bits per heavy atom. The van der Waals surface area contributed by atoms with E-state index in [4.69, 9.17) is 0 Å². The summed E-state index contributed by atoms with van der Waals surface area (Å²) in [5.74, 6) is 0.0462. The largest absolute Gasteiger partial charge is 0.356 e. The normalized spacial score (nSPS) is 13.2. The molecule has 7 heteroatoms. The average molecular weight is 346 g/mol. The van der Waals surface area contributed by atoms with Crippen molar-refractivity contribution in [3.63, 3.8) is 0 Å². The zero-order valence-electron chi connectivity index (χ0n) is 12.9. The molecule has 2 heterocycles. The van der Waals surface area contributed by atoms with Crippen LogP contribution in [0.15, 0.2) is 11.4 Å². The molecule has 0 aromatic carbocycles. The fraction of sp³-hybridized carbons (Fsp3) is 0.600. The summed E-state index contributed by atoms with van der Waals surface area (Å²) >= 11 is 1.76. The number of fused-ring (bicyclic) bond motifs is 1. The van der Waals surface area contributed by atoms with Gasteiger partial charge in [0.05, 0.1) is 0 Å². The van der Waals surface area contributed by atoms with E-state index in [1.807, 2.05) is 11.9 Å². The van der Waals surface area contributed by atoms with Gasteiger partial charge in [0, 0.05) is 37.4 Å². The van der Waals surface area contributed by atoms with Crippen LogP contribution in [-0.2, 0) is 22.6 Å². The molecule has 1 aliphatic heterocycles. The van der Waals surface area contributed by atoms with Crippen molar-refractivity contribution >= 4 is 35.6 Å². The monoisotopic (exact) mass is 345 g/mol. The summed E-state index contributed by atoms with van der Waals surface area (Å²) in [5, 5.41) is 7.95. The summed E-state index contributed by atoms with van der Waals surface area (Å²) in [4.78, 5) is 27.1. The van der Waals surface area contributed by atoms with Gasteiger partial charge in [0.1, 0.15) is 0 Å². The lowest BCUT2D eigenvalue weighted by Gasteiger charge is -2.27. The van der Waals surface area contributed by atoms with Crippen LogP contribution in [0, 0.1) is 0 Å². The Kier molecular flexibility index (Phi) is 8.45. The molecular weight excluding hydrogens is 322 g/mol. The molecule has 1 aromatic rings. The molecule has 0 radical (unpaired) electrons. The molecule has 0 saturated carbocycles. The number of amides is 2. The second-order valence-electron chi connectivity index (χ2n) is 5.24. The van der Waals surface area contributed by atoms with E-state index in [1.54, 1.807) is 11.3 Å². The van der Waals surface area contributed by atoms with E-state index < -0.39 is 0 Å². The van der Waals surface area contributed by atoms with Crippen LogP contribution in [0.25, 0.3) is 0 Å². The van der Waals surface area contributed by atoms with Gasteiger partial charge in [0.2, 0.25) is 11.8 Å². The maximum absolute atomic E-state index is 12.1. The van der Waals surface area contributed by atoms with Crippen molar-refractivity contribution < 1.29 is 9.59 Å². The van der Waals surface area contributed by atoms with Gasteiger partial charge in [0.25, 0.3) is 0 Å². The minimum atomic E-state index is -0.0346. The van der Waals surface area contributed by atoms with Crippen LogP contribution in [0.4, 0.5) is 0 Å². The van der Waals surface area contributed by atoms with Gasteiger partial charge in [-0.05, 0) is 43.4 Å². The molecule has 0 fully saturated rings. The molecule has 2 N–H and O–H groups in total. The second-order valence-corrected chi connectivity index (χ2v) is 6.24. The summed E-state index contributed by atoms with van der Waals surface area (Å²) in [6.07, 6.45) is 2.43. The van der Waals surface area contributed by atoms with Crippen LogP contribution in [0.1, 0.15) is 29.7 Å². The number of carbonyl (C=O) groups excluding carboxylic acids is 2. The predicted octanol–water partition coefficient (Wildman–Crippen LogP) is 1.56. The maximum atomic E-state index is 12.1. The van der Waals surface area contributed by atoms with Crippen molar-refractivity contribution in [1.82, 2.24) is 15.5 Å². The molecule has 1 aromatic heterocycles. The van der Waals surface area contributed by atoms with Gasteiger partial charge < -0.3 is 15.5 Å². The van der Waals surface area contributed by atoms with E-state index in [2.05, 4.69) is 22.1 Å². The van der Waals surface area contributed by atoms with Gasteiger partial charge in [0.15, 0.2) is 0 Å². The molecule has 5 nitrogen and oxygen atoms in total. The lowest BCUT2D eigenvalue weighted by molar-refractivity contribution is -0.134. The molecule has 2 amide bonds. The van der Waals surface area contributed by atoms with Crippen molar-refractivity contribution in [2.45, 2.75) is 32.2 Å². The summed E-state index contributed by atoms with van der Waals surface area (Å²) in [6, 6.07) is 2.09. The topological polar surface area (TPSA) is 61.4 Å². The summed E-state index contributed by atoms with van der Waals surface area (Å²) in [7, 11) is 1.89. The molecule has 0 saturated heterocycles. The molecule has 2 rings (SSSR count). The Morgan fingerprint density at radius 3 is 2.91 bits per heavy atom. The Labute approximate surface area is 141 Å². The van der Waals surface area contributed by atoms with E-state index in [9.17, 15) is 9.59 Å². The fourth-order valence-corrected chi connectivity index (χ4v) is 3.31. The quantitative estimate of drug-likeness (QED) is 0.737. The van der Waals surface area contributed by atoms with E-state index in [1.165, 1.54) is 10.4 Å². The van der Waals surface area contributed by atoms with E-state index in [0.717, 1.165) is 25.9 Å². The molecule has 0 atom stereocenters. The smallest absolute Gasteiger partial charge is 0.223 e. The molecular formula is C15H24ClN3O2S. The third-order valence-corrected chi connectivity index (χ3v) is 4.68. The first kappa shape index (κ1) is 18.9. The highest BCUT2D eigenvalue weighted by Crippen LogP contribution is 2.24. The zero-order chi connectivity index (χ0) is 15.1. The Morgan fingerprint density at radius 1 is 1.32 bits per heavy atom. The highest BCUT2D eigenvalue weighted by atomic mass is 35.5. The first-order chi connectivity index (χ1) is 10.2. The van der Waals surface area contributed by atoms with Gasteiger partial charge in [-0.1, -0.05) is 0 Å². The summed E-state index contributed by atoms with van der Waals surface area (Å²) in [6.45, 7) is 3.02. The maximum Gasteiger partial charge on any atom is 0.223 e. The molecule has 0 spiro atoms. The minimum Gasteiger partial charge on any atom is -0.356 e. The van der Waals surface area contributed by atoms with Crippen molar-refractivity contribution in [3.05, 3.63) is 21.9 Å². The first-order valence-electron chi connectivity index (χ1n) is 7.45. The molecule has 0 aliphatic carbocycles. The van der Waals surface area contributed by atoms with Gasteiger partial charge in [-0.15, -0.1) is 23.7 Å². The van der Waals surface area contributed by atoms with Gasteiger partial charge in [-0.3, -0.25) is 9.59 Å². The minimum absolute atomic E-state index is 0. The van der Waals surface area contributed by atoms with Gasteiger partial charge >= 0.3 is 0 Å². The predicted molar refractivity (Wildman–Crippen MR) is 91.5 cm³/mol. The van der Waals surface area contributed by atoms with Crippen LogP contribution in [-0.4, -0.2) is 43.4 Å². The number of nitrogens with one attached hydrogen (secondary N) is 2. The van der Waals surface area contributed by atoms with Crippen LogP contribution < -0.4 is 10.6 Å². The first-order valence-corrected chi connectivity index (χ1v) is 8.33. The second kappa shape index (κ2) is 9.82. The molecule has 1 aliphatic rings. The number of hydrogen-bond acceptors (Lipinski definition) is 4. The fourth-order valence-electron chi connectivity index (χ4n) is 2.42. The average Bonchev–Trinajstić information content (AvgIpc) is 2.96. The number of hydrogen-bond donors (Lipinski definition) is 2. The molecule has 124 valence electrons. The number of rotatable bonds is 7. The van der Waals surface area contributed by atoms with E-state index >= 15 is 0 Å². The number of thiophene rings is 1. The van der Waals surface area contributed by atoms with Crippen LogP contribution in [0.2, 0.25) is 0 Å². The van der Waals surface area contributed by atoms with Crippen molar-refractivity contribution in [2.75, 3.05) is 26.7 Å². The van der Waals surface area contributed by atoms with Crippen molar-refractivity contribution in [3.8, 4) is 0 Å². The van der Waals surface area contributed by atoms with E-state index in [0.29, 0.717) is 19.5 Å². The number of carbonyl (C=O) groups is 2. The number of halogens is 1.